The zero-order valence-corrected chi connectivity index (χ0v) is 14.1. The van der Waals surface area contributed by atoms with Gasteiger partial charge in [0.25, 0.3) is 5.56 Å². The Balaban J connectivity index is 1.91. The molecule has 0 unspecified atom stereocenters. The van der Waals surface area contributed by atoms with Gasteiger partial charge in [-0.2, -0.15) is 5.10 Å². The second-order valence-electron chi connectivity index (χ2n) is 6.26. The van der Waals surface area contributed by atoms with Crippen LogP contribution in [0.1, 0.15) is 0 Å². The van der Waals surface area contributed by atoms with Crippen molar-refractivity contribution in [3.05, 3.63) is 89.4 Å². The van der Waals surface area contributed by atoms with Crippen LogP contribution in [0.3, 0.4) is 0 Å². The molecule has 5 rings (SSSR count). The number of benzene rings is 2. The fraction of sp³-hybridized carbons (Fsp3) is 0. The lowest BCUT2D eigenvalue weighted by atomic mass is 10.0. The molecule has 3 aromatic heterocycles. The SMILES string of the molecule is O=c1ccc2cnc3ccc(-c4cn[nH]c4)cc3c2n1-c1ccc(F)cc1. The fourth-order valence-corrected chi connectivity index (χ4v) is 3.35. The molecule has 0 fully saturated rings. The molecule has 0 aliphatic rings. The molecule has 0 spiro atoms. The molecule has 0 atom stereocenters. The molecule has 130 valence electrons. The number of hydrogen-bond acceptors (Lipinski definition) is 3. The molecule has 0 saturated heterocycles. The molecule has 0 radical (unpaired) electrons. The topological polar surface area (TPSA) is 63.6 Å². The number of halogens is 1. The molecule has 0 bridgehead atoms. The first kappa shape index (κ1) is 15.5. The van der Waals surface area contributed by atoms with E-state index in [4.69, 9.17) is 0 Å². The molecule has 0 aliphatic carbocycles. The Labute approximate surface area is 152 Å². The van der Waals surface area contributed by atoms with E-state index in [9.17, 15) is 9.18 Å². The molecule has 27 heavy (non-hydrogen) atoms. The Hall–Kier alpha value is -3.80. The maximum atomic E-state index is 13.4. The van der Waals surface area contributed by atoms with Crippen LogP contribution in [0.4, 0.5) is 4.39 Å². The van der Waals surface area contributed by atoms with Crippen LogP contribution in [-0.4, -0.2) is 19.7 Å². The summed E-state index contributed by atoms with van der Waals surface area (Å²) in [5.41, 5.74) is 3.84. The van der Waals surface area contributed by atoms with Crippen molar-refractivity contribution in [2.24, 2.45) is 0 Å². The Morgan fingerprint density at radius 3 is 2.56 bits per heavy atom. The van der Waals surface area contributed by atoms with Gasteiger partial charge in [-0.1, -0.05) is 6.07 Å². The molecule has 5 aromatic rings. The van der Waals surface area contributed by atoms with Gasteiger partial charge in [-0.05, 0) is 48.0 Å². The first-order chi connectivity index (χ1) is 13.2. The summed E-state index contributed by atoms with van der Waals surface area (Å²) in [5, 5.41) is 8.48. The highest BCUT2D eigenvalue weighted by Gasteiger charge is 2.12. The quantitative estimate of drug-likeness (QED) is 0.485. The number of nitrogens with zero attached hydrogens (tertiary/aromatic N) is 3. The van der Waals surface area contributed by atoms with E-state index in [0.29, 0.717) is 5.69 Å². The molecular weight excluding hydrogens is 343 g/mol. The molecule has 3 heterocycles. The number of aromatic nitrogens is 4. The minimum absolute atomic E-state index is 0.185. The maximum Gasteiger partial charge on any atom is 0.255 e. The van der Waals surface area contributed by atoms with Crippen LogP contribution < -0.4 is 5.56 Å². The molecule has 2 aromatic carbocycles. The standard InChI is InChI=1S/C21H13FN4O/c22-16-3-5-17(6-4-16)26-20(27)8-2-14-10-23-19-7-1-13(9-18(19)21(14)26)15-11-24-25-12-15/h1-12H,(H,24,25). The number of rotatable bonds is 2. The summed E-state index contributed by atoms with van der Waals surface area (Å²) in [6.07, 6.45) is 5.30. The molecule has 5 nitrogen and oxygen atoms in total. The van der Waals surface area contributed by atoms with Gasteiger partial charge in [0.1, 0.15) is 5.82 Å². The van der Waals surface area contributed by atoms with Gasteiger partial charge in [-0.3, -0.25) is 19.4 Å². The number of hydrogen-bond donors (Lipinski definition) is 1. The average Bonchev–Trinajstić information content (AvgIpc) is 3.23. The van der Waals surface area contributed by atoms with Crippen molar-refractivity contribution < 1.29 is 4.39 Å². The number of fused-ring (bicyclic) bond motifs is 3. The number of pyridine rings is 2. The van der Waals surface area contributed by atoms with E-state index < -0.39 is 0 Å². The van der Waals surface area contributed by atoms with Crippen molar-refractivity contribution in [1.29, 1.82) is 0 Å². The Bertz CT molecular complexity index is 1340. The van der Waals surface area contributed by atoms with Gasteiger partial charge in [0.15, 0.2) is 0 Å². The lowest BCUT2D eigenvalue weighted by Gasteiger charge is -2.13. The van der Waals surface area contributed by atoms with Crippen molar-refractivity contribution in [2.45, 2.75) is 0 Å². The second kappa shape index (κ2) is 5.88. The van der Waals surface area contributed by atoms with E-state index in [1.165, 1.54) is 18.2 Å². The highest BCUT2D eigenvalue weighted by atomic mass is 19.1. The molecule has 0 aliphatic heterocycles. The third kappa shape index (κ3) is 2.50. The lowest BCUT2D eigenvalue weighted by Crippen LogP contribution is -2.17. The fourth-order valence-electron chi connectivity index (χ4n) is 3.35. The van der Waals surface area contributed by atoms with Gasteiger partial charge in [-0.15, -0.1) is 0 Å². The Morgan fingerprint density at radius 1 is 0.926 bits per heavy atom. The third-order valence-electron chi connectivity index (χ3n) is 4.63. The summed E-state index contributed by atoms with van der Waals surface area (Å²) in [4.78, 5) is 17.2. The van der Waals surface area contributed by atoms with E-state index in [1.54, 1.807) is 35.2 Å². The second-order valence-corrected chi connectivity index (χ2v) is 6.26. The highest BCUT2D eigenvalue weighted by molar-refractivity contribution is 6.05. The molecule has 0 saturated carbocycles. The Morgan fingerprint density at radius 2 is 1.78 bits per heavy atom. The summed E-state index contributed by atoms with van der Waals surface area (Å²) >= 11 is 0. The van der Waals surface area contributed by atoms with Crippen LogP contribution in [0.25, 0.3) is 38.6 Å². The summed E-state index contributed by atoms with van der Waals surface area (Å²) in [6.45, 7) is 0. The van der Waals surface area contributed by atoms with E-state index in [0.717, 1.165) is 32.9 Å². The maximum absolute atomic E-state index is 13.4. The monoisotopic (exact) mass is 356 g/mol. The van der Waals surface area contributed by atoms with Crippen LogP contribution >= 0.6 is 0 Å². The van der Waals surface area contributed by atoms with E-state index >= 15 is 0 Å². The minimum Gasteiger partial charge on any atom is -0.285 e. The minimum atomic E-state index is -0.346. The normalized spacial score (nSPS) is 11.3. The van der Waals surface area contributed by atoms with Crippen molar-refractivity contribution in [3.63, 3.8) is 0 Å². The third-order valence-corrected chi connectivity index (χ3v) is 4.63. The van der Waals surface area contributed by atoms with Crippen LogP contribution in [-0.2, 0) is 0 Å². The molecular formula is C21H13FN4O. The van der Waals surface area contributed by atoms with Crippen molar-refractivity contribution >= 4 is 21.8 Å². The Kier molecular flexibility index (Phi) is 3.36. The van der Waals surface area contributed by atoms with Crippen molar-refractivity contribution in [3.8, 4) is 16.8 Å². The van der Waals surface area contributed by atoms with Crippen molar-refractivity contribution in [2.75, 3.05) is 0 Å². The summed E-state index contributed by atoms with van der Waals surface area (Å²) in [6, 6.07) is 15.0. The summed E-state index contributed by atoms with van der Waals surface area (Å²) in [7, 11) is 0. The first-order valence-corrected chi connectivity index (χ1v) is 8.40. The van der Waals surface area contributed by atoms with Gasteiger partial charge in [0.05, 0.1) is 17.2 Å². The zero-order chi connectivity index (χ0) is 18.4. The molecule has 6 heteroatoms. The van der Waals surface area contributed by atoms with Crippen LogP contribution in [0.15, 0.2) is 78.0 Å². The summed E-state index contributed by atoms with van der Waals surface area (Å²) < 4.78 is 15.0. The average molecular weight is 356 g/mol. The number of H-pyrrole nitrogens is 1. The van der Waals surface area contributed by atoms with E-state index in [1.807, 2.05) is 24.4 Å². The van der Waals surface area contributed by atoms with Crippen LogP contribution in [0.5, 0.6) is 0 Å². The molecule has 0 amide bonds. The van der Waals surface area contributed by atoms with E-state index in [-0.39, 0.29) is 11.4 Å². The van der Waals surface area contributed by atoms with Gasteiger partial charge >= 0.3 is 0 Å². The van der Waals surface area contributed by atoms with Crippen LogP contribution in [0.2, 0.25) is 0 Å². The predicted octanol–water partition coefficient (Wildman–Crippen LogP) is 4.07. The van der Waals surface area contributed by atoms with Gasteiger partial charge in [0.2, 0.25) is 0 Å². The first-order valence-electron chi connectivity index (χ1n) is 8.40. The number of aromatic amines is 1. The number of nitrogens with one attached hydrogen (secondary N) is 1. The van der Waals surface area contributed by atoms with Gasteiger partial charge in [0, 0.05) is 40.5 Å². The predicted molar refractivity (Wildman–Crippen MR) is 102 cm³/mol. The van der Waals surface area contributed by atoms with Gasteiger partial charge < -0.3 is 0 Å². The summed E-state index contributed by atoms with van der Waals surface area (Å²) in [5.74, 6) is -0.346. The smallest absolute Gasteiger partial charge is 0.255 e. The zero-order valence-electron chi connectivity index (χ0n) is 14.1. The van der Waals surface area contributed by atoms with Crippen molar-refractivity contribution in [1.82, 2.24) is 19.7 Å². The van der Waals surface area contributed by atoms with Crippen LogP contribution in [0, 0.1) is 5.82 Å². The largest absolute Gasteiger partial charge is 0.285 e. The lowest BCUT2D eigenvalue weighted by molar-refractivity contribution is 0.627. The van der Waals surface area contributed by atoms with E-state index in [2.05, 4.69) is 15.2 Å². The highest BCUT2D eigenvalue weighted by Crippen LogP contribution is 2.29. The molecule has 1 N–H and O–H groups in total. The van der Waals surface area contributed by atoms with Gasteiger partial charge in [-0.25, -0.2) is 4.39 Å².